The summed E-state index contributed by atoms with van der Waals surface area (Å²) in [5.74, 6) is -3.32. The van der Waals surface area contributed by atoms with Crippen LogP contribution in [0.1, 0.15) is 18.2 Å². The summed E-state index contributed by atoms with van der Waals surface area (Å²) in [6.45, 7) is 0.0293. The molecule has 15 heteroatoms. The highest BCUT2D eigenvalue weighted by atomic mass is 16.6. The maximum atomic E-state index is 12.5. The van der Waals surface area contributed by atoms with Gasteiger partial charge in [-0.15, -0.1) is 0 Å². The van der Waals surface area contributed by atoms with E-state index in [9.17, 15) is 34.1 Å². The van der Waals surface area contributed by atoms with Gasteiger partial charge in [0, 0.05) is 19.1 Å². The van der Waals surface area contributed by atoms with Crippen LogP contribution in [0.15, 0.2) is 36.5 Å². The molecule has 15 nitrogen and oxygen atoms in total. The molecule has 0 bridgehead atoms. The van der Waals surface area contributed by atoms with Crippen LogP contribution in [0, 0.1) is 10.1 Å². The molecule has 0 atom stereocenters. The quantitative estimate of drug-likeness (QED) is 0.178. The highest BCUT2D eigenvalue weighted by Crippen LogP contribution is 2.27. The molecule has 4 amide bonds. The molecule has 0 radical (unpaired) electrons. The predicted molar refractivity (Wildman–Crippen MR) is 124 cm³/mol. The standard InChI is InChI=1S/C22H22N6O9/c1-13(29)36-11-14-3-4-17(37-12-15-8-24-22(26(15)2)28(34)35)16(7-14)25-18(30)9-23-19(31)10-27-20(32)5-6-21(27)33/h3-8H,9-12H2,1-2H3,(H,23,31)(H,25,30). The van der Waals surface area contributed by atoms with Crippen LogP contribution in [0.3, 0.4) is 0 Å². The van der Waals surface area contributed by atoms with Crippen molar-refractivity contribution >= 4 is 41.2 Å². The van der Waals surface area contributed by atoms with Gasteiger partial charge in [-0.05, 0) is 22.6 Å². The fourth-order valence-electron chi connectivity index (χ4n) is 3.12. The summed E-state index contributed by atoms with van der Waals surface area (Å²) < 4.78 is 11.9. The second-order valence-electron chi connectivity index (χ2n) is 7.69. The van der Waals surface area contributed by atoms with Crippen molar-refractivity contribution in [3.8, 4) is 5.75 Å². The monoisotopic (exact) mass is 514 g/mol. The van der Waals surface area contributed by atoms with E-state index in [0.29, 0.717) is 11.3 Å². The number of nitrogens with zero attached hydrogens (tertiary/aromatic N) is 4. The Morgan fingerprint density at radius 1 is 1.11 bits per heavy atom. The molecule has 3 rings (SSSR count). The number of amides is 4. The van der Waals surface area contributed by atoms with Gasteiger partial charge in [0.2, 0.25) is 11.8 Å². The van der Waals surface area contributed by atoms with Crippen LogP contribution < -0.4 is 15.4 Å². The molecule has 2 heterocycles. The van der Waals surface area contributed by atoms with Crippen LogP contribution >= 0.6 is 0 Å². The first-order valence-corrected chi connectivity index (χ1v) is 10.7. The predicted octanol–water partition coefficient (Wildman–Crippen LogP) is -0.0499. The number of anilines is 1. The number of imide groups is 1. The molecule has 1 aromatic carbocycles. The SMILES string of the molecule is CC(=O)OCc1ccc(OCc2cnc([N+](=O)[O-])n2C)c(NC(=O)CNC(=O)CN2C(=O)C=CC2=O)c1. The van der Waals surface area contributed by atoms with E-state index in [1.54, 1.807) is 6.07 Å². The Kier molecular flexibility index (Phi) is 8.29. The van der Waals surface area contributed by atoms with Gasteiger partial charge in [0.1, 0.15) is 31.7 Å². The number of nitro groups is 1. The van der Waals surface area contributed by atoms with Gasteiger partial charge in [-0.2, -0.15) is 0 Å². The van der Waals surface area contributed by atoms with Gasteiger partial charge in [-0.3, -0.25) is 28.9 Å². The van der Waals surface area contributed by atoms with E-state index in [4.69, 9.17) is 9.47 Å². The Morgan fingerprint density at radius 2 is 1.81 bits per heavy atom. The molecule has 1 aliphatic rings. The zero-order valence-electron chi connectivity index (χ0n) is 19.8. The van der Waals surface area contributed by atoms with Crippen LogP contribution in [0.2, 0.25) is 0 Å². The number of carbonyl (C=O) groups is 5. The van der Waals surface area contributed by atoms with Crippen molar-refractivity contribution < 1.29 is 38.4 Å². The minimum Gasteiger partial charge on any atom is -0.484 e. The molecule has 194 valence electrons. The number of imidazole rings is 1. The number of aromatic nitrogens is 2. The summed E-state index contributed by atoms with van der Waals surface area (Å²) in [6.07, 6.45) is 3.36. The third kappa shape index (κ3) is 6.97. The molecular formula is C22H22N6O9. The maximum Gasteiger partial charge on any atom is 0.434 e. The summed E-state index contributed by atoms with van der Waals surface area (Å²) in [5, 5.41) is 15.9. The lowest BCUT2D eigenvalue weighted by Gasteiger charge is -2.15. The number of hydrogen-bond donors (Lipinski definition) is 2. The number of nitrogens with one attached hydrogen (secondary N) is 2. The van der Waals surface area contributed by atoms with Gasteiger partial charge in [0.05, 0.1) is 19.3 Å². The van der Waals surface area contributed by atoms with Crippen LogP contribution in [-0.4, -0.2) is 62.1 Å². The summed E-state index contributed by atoms with van der Waals surface area (Å²) in [6, 6.07) is 4.60. The van der Waals surface area contributed by atoms with Crippen LogP contribution in [0.4, 0.5) is 11.6 Å². The molecule has 1 aromatic heterocycles. The fourth-order valence-corrected chi connectivity index (χ4v) is 3.12. The normalized spacial score (nSPS) is 12.4. The molecule has 1 aliphatic heterocycles. The van der Waals surface area contributed by atoms with E-state index >= 15 is 0 Å². The minimum absolute atomic E-state index is 0.0743. The molecule has 0 fully saturated rings. The molecule has 0 saturated carbocycles. The van der Waals surface area contributed by atoms with Gasteiger partial charge in [0.25, 0.3) is 11.8 Å². The minimum atomic E-state index is -0.724. The molecular weight excluding hydrogens is 492 g/mol. The highest BCUT2D eigenvalue weighted by Gasteiger charge is 2.25. The van der Waals surface area contributed by atoms with Gasteiger partial charge >= 0.3 is 11.9 Å². The summed E-state index contributed by atoms with van der Waals surface area (Å²) in [7, 11) is 1.46. The number of hydrogen-bond acceptors (Lipinski definition) is 10. The number of carbonyl (C=O) groups excluding carboxylic acids is 5. The van der Waals surface area contributed by atoms with E-state index in [2.05, 4.69) is 15.6 Å². The summed E-state index contributed by atoms with van der Waals surface area (Å²) in [4.78, 5) is 73.6. The topological polar surface area (TPSA) is 192 Å². The van der Waals surface area contributed by atoms with E-state index in [1.807, 2.05) is 0 Å². The Hall–Kier alpha value is -5.08. The first-order valence-electron chi connectivity index (χ1n) is 10.7. The van der Waals surface area contributed by atoms with Crippen LogP contribution in [-0.2, 0) is 49.0 Å². The van der Waals surface area contributed by atoms with Crippen molar-refractivity contribution in [3.63, 3.8) is 0 Å². The van der Waals surface area contributed by atoms with Gasteiger partial charge in [0.15, 0.2) is 5.69 Å². The number of ether oxygens (including phenoxy) is 2. The lowest BCUT2D eigenvalue weighted by Crippen LogP contribution is -2.42. The second-order valence-corrected chi connectivity index (χ2v) is 7.69. The Bertz CT molecular complexity index is 1280. The average Bonchev–Trinajstić information content (AvgIpc) is 3.37. The van der Waals surface area contributed by atoms with E-state index in [1.165, 1.54) is 36.9 Å². The second kappa shape index (κ2) is 11.6. The average molecular weight is 514 g/mol. The van der Waals surface area contributed by atoms with Gasteiger partial charge in [-0.1, -0.05) is 11.1 Å². The van der Waals surface area contributed by atoms with Crippen molar-refractivity contribution in [2.75, 3.05) is 18.4 Å². The van der Waals surface area contributed by atoms with Gasteiger partial charge < -0.3 is 30.2 Å². The molecule has 2 N–H and O–H groups in total. The van der Waals surface area contributed by atoms with Crippen LogP contribution in [0.25, 0.3) is 0 Å². The smallest absolute Gasteiger partial charge is 0.434 e. The van der Waals surface area contributed by atoms with E-state index in [-0.39, 0.29) is 30.6 Å². The van der Waals surface area contributed by atoms with Crippen molar-refractivity contribution in [3.05, 3.63) is 57.9 Å². The lowest BCUT2D eigenvalue weighted by molar-refractivity contribution is -0.396. The Morgan fingerprint density at radius 3 is 2.43 bits per heavy atom. The first kappa shape index (κ1) is 26.5. The molecule has 0 saturated heterocycles. The van der Waals surface area contributed by atoms with Crippen molar-refractivity contribution in [1.29, 1.82) is 0 Å². The fraction of sp³-hybridized carbons (Fsp3) is 0.273. The third-order valence-corrected chi connectivity index (χ3v) is 5.01. The number of benzene rings is 1. The molecule has 37 heavy (non-hydrogen) atoms. The van der Waals surface area contributed by atoms with Crippen LogP contribution in [0.5, 0.6) is 5.75 Å². The molecule has 2 aromatic rings. The van der Waals surface area contributed by atoms with Gasteiger partial charge in [-0.25, -0.2) is 4.57 Å². The number of esters is 1. The van der Waals surface area contributed by atoms with Crippen molar-refractivity contribution in [2.45, 2.75) is 20.1 Å². The molecule has 0 aliphatic carbocycles. The third-order valence-electron chi connectivity index (χ3n) is 5.01. The first-order chi connectivity index (χ1) is 17.5. The lowest BCUT2D eigenvalue weighted by atomic mass is 10.2. The zero-order valence-corrected chi connectivity index (χ0v) is 19.8. The summed E-state index contributed by atoms with van der Waals surface area (Å²) in [5.41, 5.74) is 1.09. The Labute approximate surface area is 209 Å². The highest BCUT2D eigenvalue weighted by molar-refractivity contribution is 6.14. The molecule has 0 spiro atoms. The molecule has 0 unspecified atom stereocenters. The number of rotatable bonds is 11. The summed E-state index contributed by atoms with van der Waals surface area (Å²) >= 11 is 0. The van der Waals surface area contributed by atoms with Crippen molar-refractivity contribution in [1.82, 2.24) is 19.8 Å². The van der Waals surface area contributed by atoms with Crippen molar-refractivity contribution in [2.24, 2.45) is 7.05 Å². The maximum absolute atomic E-state index is 12.5. The largest absolute Gasteiger partial charge is 0.484 e. The zero-order chi connectivity index (χ0) is 27.1. The van der Waals surface area contributed by atoms with E-state index < -0.39 is 47.6 Å². The van der Waals surface area contributed by atoms with E-state index in [0.717, 1.165) is 17.1 Å². The Balaban J connectivity index is 1.66.